The van der Waals surface area contributed by atoms with E-state index in [1.54, 1.807) is 0 Å². The minimum Gasteiger partial charge on any atom is -0.483 e. The van der Waals surface area contributed by atoms with E-state index in [1.807, 2.05) is 0 Å². The van der Waals surface area contributed by atoms with Gasteiger partial charge in [0.1, 0.15) is 11.1 Å². The fourth-order valence-corrected chi connectivity index (χ4v) is 3.73. The van der Waals surface area contributed by atoms with Gasteiger partial charge < -0.3 is 4.74 Å². The highest BCUT2D eigenvalue weighted by molar-refractivity contribution is 7.38. The van der Waals surface area contributed by atoms with E-state index in [2.05, 4.69) is 74.2 Å². The number of ether oxygens (including phenoxy) is 1. The Kier molecular flexibility index (Phi) is 6.51. The van der Waals surface area contributed by atoms with Crippen LogP contribution in [0.2, 0.25) is 0 Å². The molecule has 0 saturated heterocycles. The molecule has 0 saturated carbocycles. The van der Waals surface area contributed by atoms with Crippen molar-refractivity contribution >= 4 is 8.58 Å². The van der Waals surface area contributed by atoms with Crippen molar-refractivity contribution in [2.24, 2.45) is 0 Å². The lowest BCUT2D eigenvalue weighted by Crippen LogP contribution is -2.30. The van der Waals surface area contributed by atoms with Crippen LogP contribution in [0.4, 0.5) is 0 Å². The van der Waals surface area contributed by atoms with Crippen LogP contribution in [0.3, 0.4) is 0 Å². The van der Waals surface area contributed by atoms with Crippen molar-refractivity contribution in [1.29, 1.82) is 0 Å². The SMILES string of the molecule is CCC(CC)(Oc1c(C)cc(C(C)C)cc1C(C)(C)C)PC. The van der Waals surface area contributed by atoms with Crippen LogP contribution in [-0.4, -0.2) is 12.0 Å². The Morgan fingerprint density at radius 3 is 2.00 bits per heavy atom. The van der Waals surface area contributed by atoms with Gasteiger partial charge in [0.15, 0.2) is 0 Å². The molecule has 0 spiro atoms. The molecule has 126 valence electrons. The van der Waals surface area contributed by atoms with Crippen LogP contribution >= 0.6 is 8.58 Å². The molecule has 0 fully saturated rings. The lowest BCUT2D eigenvalue weighted by atomic mass is 9.82. The highest BCUT2D eigenvalue weighted by Gasteiger charge is 2.30. The second kappa shape index (κ2) is 7.35. The third kappa shape index (κ3) is 4.25. The summed E-state index contributed by atoms with van der Waals surface area (Å²) >= 11 is 0. The number of benzene rings is 1. The summed E-state index contributed by atoms with van der Waals surface area (Å²) in [6.07, 6.45) is 2.13. The summed E-state index contributed by atoms with van der Waals surface area (Å²) in [4.78, 5) is 0. The van der Waals surface area contributed by atoms with E-state index < -0.39 is 0 Å². The molecule has 0 aliphatic carbocycles. The second-order valence-electron chi connectivity index (χ2n) is 7.67. The standard InChI is InChI=1S/C20H35OP/c1-10-20(11-2,22-9)21-18-15(5)12-16(14(3)4)13-17(18)19(6,7)8/h12-14,22H,10-11H2,1-9H3. The minimum absolute atomic E-state index is 0.00981. The van der Waals surface area contributed by atoms with Crippen LogP contribution in [0.5, 0.6) is 5.75 Å². The summed E-state index contributed by atoms with van der Waals surface area (Å²) in [7, 11) is 0.791. The van der Waals surface area contributed by atoms with Crippen molar-refractivity contribution in [3.63, 3.8) is 0 Å². The first-order valence-electron chi connectivity index (χ1n) is 8.63. The average molecular weight is 322 g/mol. The minimum atomic E-state index is -0.00981. The monoisotopic (exact) mass is 322 g/mol. The molecule has 1 rings (SSSR count). The first-order valence-corrected chi connectivity index (χ1v) is 10.1. The zero-order valence-corrected chi connectivity index (χ0v) is 17.1. The first-order chi connectivity index (χ1) is 10.1. The van der Waals surface area contributed by atoms with Crippen molar-refractivity contribution in [3.8, 4) is 5.75 Å². The summed E-state index contributed by atoms with van der Waals surface area (Å²) in [6.45, 7) is 20.3. The molecule has 0 N–H and O–H groups in total. The summed E-state index contributed by atoms with van der Waals surface area (Å²) < 4.78 is 6.69. The van der Waals surface area contributed by atoms with Gasteiger partial charge in [0.25, 0.3) is 0 Å². The quantitative estimate of drug-likeness (QED) is 0.535. The van der Waals surface area contributed by atoms with Crippen LogP contribution in [0.25, 0.3) is 0 Å². The summed E-state index contributed by atoms with van der Waals surface area (Å²) in [5.41, 5.74) is 4.13. The summed E-state index contributed by atoms with van der Waals surface area (Å²) in [5, 5.41) is -0.00981. The third-order valence-electron chi connectivity index (χ3n) is 4.67. The van der Waals surface area contributed by atoms with Crippen LogP contribution in [0.15, 0.2) is 12.1 Å². The van der Waals surface area contributed by atoms with Crippen molar-refractivity contribution in [3.05, 3.63) is 28.8 Å². The molecule has 1 atom stereocenters. The van der Waals surface area contributed by atoms with Crippen molar-refractivity contribution in [1.82, 2.24) is 0 Å². The molecule has 0 aliphatic heterocycles. The van der Waals surface area contributed by atoms with Crippen molar-refractivity contribution in [2.45, 2.75) is 84.9 Å². The molecule has 1 nitrogen and oxygen atoms in total. The Bertz CT molecular complexity index is 485. The lowest BCUT2D eigenvalue weighted by molar-refractivity contribution is 0.148. The van der Waals surface area contributed by atoms with E-state index in [0.717, 1.165) is 27.2 Å². The lowest BCUT2D eigenvalue weighted by Gasteiger charge is -2.35. The van der Waals surface area contributed by atoms with E-state index in [1.165, 1.54) is 16.7 Å². The molecule has 0 aromatic heterocycles. The molecular weight excluding hydrogens is 287 g/mol. The second-order valence-corrected chi connectivity index (χ2v) is 9.08. The maximum Gasteiger partial charge on any atom is 0.127 e. The summed E-state index contributed by atoms with van der Waals surface area (Å²) in [6, 6.07) is 4.67. The highest BCUT2D eigenvalue weighted by Crippen LogP contribution is 2.43. The first kappa shape index (κ1) is 19.5. The van der Waals surface area contributed by atoms with Gasteiger partial charge in [-0.15, -0.1) is 0 Å². The topological polar surface area (TPSA) is 9.23 Å². The van der Waals surface area contributed by atoms with Gasteiger partial charge in [-0.25, -0.2) is 0 Å². The van der Waals surface area contributed by atoms with Crippen LogP contribution < -0.4 is 4.74 Å². The molecule has 0 aliphatic rings. The molecule has 1 aromatic rings. The maximum absolute atomic E-state index is 6.69. The number of hydrogen-bond donors (Lipinski definition) is 0. The Hall–Kier alpha value is -0.550. The normalized spacial score (nSPS) is 13.4. The van der Waals surface area contributed by atoms with Gasteiger partial charge in [-0.3, -0.25) is 0 Å². The van der Waals surface area contributed by atoms with Gasteiger partial charge in [-0.2, -0.15) is 0 Å². The van der Waals surface area contributed by atoms with Gasteiger partial charge in [0.2, 0.25) is 0 Å². The van der Waals surface area contributed by atoms with E-state index in [0.29, 0.717) is 5.92 Å². The average Bonchev–Trinajstić information content (AvgIpc) is 2.44. The molecule has 2 heteroatoms. The molecular formula is C20H35OP. The third-order valence-corrected chi connectivity index (χ3v) is 6.39. The molecule has 0 amide bonds. The maximum atomic E-state index is 6.69. The van der Waals surface area contributed by atoms with Crippen LogP contribution in [0.1, 0.15) is 83.9 Å². The fraction of sp³-hybridized carbons (Fsp3) is 0.700. The van der Waals surface area contributed by atoms with Crippen molar-refractivity contribution in [2.75, 3.05) is 6.66 Å². The Labute approximate surface area is 140 Å². The number of hydrogen-bond acceptors (Lipinski definition) is 1. The predicted molar refractivity (Wildman–Crippen MR) is 102 cm³/mol. The highest BCUT2D eigenvalue weighted by atomic mass is 31.1. The summed E-state index contributed by atoms with van der Waals surface area (Å²) in [5.74, 6) is 1.67. The van der Waals surface area contributed by atoms with Crippen LogP contribution in [0, 0.1) is 6.92 Å². The van der Waals surface area contributed by atoms with E-state index >= 15 is 0 Å². The van der Waals surface area contributed by atoms with E-state index in [-0.39, 0.29) is 10.8 Å². The molecule has 0 heterocycles. The molecule has 0 bridgehead atoms. The Morgan fingerprint density at radius 2 is 1.64 bits per heavy atom. The molecule has 22 heavy (non-hydrogen) atoms. The van der Waals surface area contributed by atoms with Gasteiger partial charge in [0.05, 0.1) is 0 Å². The number of aryl methyl sites for hydroxylation is 1. The zero-order valence-electron chi connectivity index (χ0n) is 16.1. The predicted octanol–water partition coefficient (Wildman–Crippen LogP) is 6.62. The van der Waals surface area contributed by atoms with Gasteiger partial charge >= 0.3 is 0 Å². The van der Waals surface area contributed by atoms with Crippen molar-refractivity contribution < 1.29 is 4.74 Å². The van der Waals surface area contributed by atoms with Gasteiger partial charge in [0, 0.05) is 5.56 Å². The molecule has 1 aromatic carbocycles. The fourth-order valence-electron chi connectivity index (χ4n) is 2.82. The van der Waals surface area contributed by atoms with Gasteiger partial charge in [-0.05, 0) is 48.9 Å². The Balaban J connectivity index is 3.46. The largest absolute Gasteiger partial charge is 0.483 e. The van der Waals surface area contributed by atoms with E-state index in [4.69, 9.17) is 4.74 Å². The molecule has 1 unspecified atom stereocenters. The van der Waals surface area contributed by atoms with Gasteiger partial charge in [-0.1, -0.05) is 69.2 Å². The van der Waals surface area contributed by atoms with Crippen LogP contribution in [-0.2, 0) is 5.41 Å². The smallest absolute Gasteiger partial charge is 0.127 e. The number of rotatable bonds is 6. The Morgan fingerprint density at radius 1 is 1.09 bits per heavy atom. The molecule has 0 radical (unpaired) electrons. The zero-order chi connectivity index (χ0) is 17.1. The van der Waals surface area contributed by atoms with E-state index in [9.17, 15) is 0 Å².